The Morgan fingerprint density at radius 2 is 2.13 bits per heavy atom. The Morgan fingerprint density at radius 3 is 2.87 bits per heavy atom. The third-order valence-electron chi connectivity index (χ3n) is 5.16. The van der Waals surface area contributed by atoms with Crippen molar-refractivity contribution >= 4 is 17.3 Å². The van der Waals surface area contributed by atoms with Gasteiger partial charge < -0.3 is 5.73 Å². The van der Waals surface area contributed by atoms with Gasteiger partial charge in [-0.1, -0.05) is 54.6 Å². The van der Waals surface area contributed by atoms with Crippen LogP contribution in [0.5, 0.6) is 0 Å². The predicted octanol–water partition coefficient (Wildman–Crippen LogP) is 6.63. The van der Waals surface area contributed by atoms with Crippen molar-refractivity contribution < 1.29 is 4.39 Å². The highest BCUT2D eigenvalue weighted by Gasteiger charge is 2.14. The minimum absolute atomic E-state index is 0.324. The molecular formula is C26H26ClFN2. The first-order valence-corrected chi connectivity index (χ1v) is 10.4. The van der Waals surface area contributed by atoms with E-state index in [9.17, 15) is 4.39 Å². The molecule has 0 radical (unpaired) electrons. The lowest BCUT2D eigenvalue weighted by Crippen LogP contribution is -2.03. The van der Waals surface area contributed by atoms with Crippen LogP contribution in [0.3, 0.4) is 0 Å². The zero-order chi connectivity index (χ0) is 21.5. The molecule has 2 N–H and O–H groups in total. The maximum absolute atomic E-state index is 14.2. The van der Waals surface area contributed by atoms with Gasteiger partial charge in [-0.25, -0.2) is 4.39 Å². The largest absolute Gasteiger partial charge is 0.330 e. The molecule has 1 atom stereocenters. The maximum atomic E-state index is 14.2. The Balaban J connectivity index is 1.84. The van der Waals surface area contributed by atoms with Crippen molar-refractivity contribution in [1.82, 2.24) is 0 Å². The molecule has 1 aromatic carbocycles. The Labute approximate surface area is 183 Å². The highest BCUT2D eigenvalue weighted by atomic mass is 35.5. The Hall–Kier alpha value is -2.75. The quantitative estimate of drug-likeness (QED) is 0.494. The third kappa shape index (κ3) is 5.24. The van der Waals surface area contributed by atoms with Crippen molar-refractivity contribution in [2.24, 2.45) is 16.6 Å². The van der Waals surface area contributed by atoms with Gasteiger partial charge in [0.1, 0.15) is 5.82 Å². The number of allylic oxidation sites excluding steroid dienone is 12. The Bertz CT molecular complexity index is 1040. The highest BCUT2D eigenvalue weighted by molar-refractivity contribution is 6.31. The van der Waals surface area contributed by atoms with E-state index < -0.39 is 0 Å². The number of aliphatic imine (C=N–C) groups is 1. The number of nitrogens with two attached hydrogens (primary N) is 1. The fourth-order valence-corrected chi connectivity index (χ4v) is 3.71. The minimum Gasteiger partial charge on any atom is -0.330 e. The summed E-state index contributed by atoms with van der Waals surface area (Å²) in [6, 6.07) is 4.53. The molecule has 2 aliphatic rings. The topological polar surface area (TPSA) is 38.4 Å². The average Bonchev–Trinajstić information content (AvgIpc) is 3.07. The first kappa shape index (κ1) is 21.9. The van der Waals surface area contributed by atoms with Gasteiger partial charge in [-0.2, -0.15) is 0 Å². The van der Waals surface area contributed by atoms with E-state index in [1.807, 2.05) is 19.1 Å². The molecule has 2 nitrogen and oxygen atoms in total. The molecule has 30 heavy (non-hydrogen) atoms. The van der Waals surface area contributed by atoms with Crippen molar-refractivity contribution in [3.63, 3.8) is 0 Å². The van der Waals surface area contributed by atoms with E-state index in [0.717, 1.165) is 28.7 Å². The molecule has 154 valence electrons. The summed E-state index contributed by atoms with van der Waals surface area (Å²) in [5, 5.41) is 0.491. The van der Waals surface area contributed by atoms with Gasteiger partial charge in [0.25, 0.3) is 0 Å². The van der Waals surface area contributed by atoms with Gasteiger partial charge in [0.2, 0.25) is 0 Å². The Morgan fingerprint density at radius 1 is 1.30 bits per heavy atom. The number of hydrogen-bond donors (Lipinski definition) is 1. The molecule has 0 amide bonds. The second-order valence-electron chi connectivity index (χ2n) is 7.15. The van der Waals surface area contributed by atoms with Gasteiger partial charge in [-0.3, -0.25) is 4.99 Å². The lowest BCUT2D eigenvalue weighted by Gasteiger charge is -2.08. The number of halogens is 2. The molecule has 0 saturated carbocycles. The van der Waals surface area contributed by atoms with Gasteiger partial charge in [0, 0.05) is 23.2 Å². The van der Waals surface area contributed by atoms with Crippen LogP contribution in [-0.4, -0.2) is 12.3 Å². The van der Waals surface area contributed by atoms with E-state index >= 15 is 0 Å². The van der Waals surface area contributed by atoms with Crippen LogP contribution in [0.1, 0.15) is 25.3 Å². The molecular weight excluding hydrogens is 395 g/mol. The predicted molar refractivity (Wildman–Crippen MR) is 126 cm³/mol. The molecule has 1 heterocycles. The molecule has 0 spiro atoms. The van der Waals surface area contributed by atoms with Crippen LogP contribution >= 0.6 is 11.6 Å². The summed E-state index contributed by atoms with van der Waals surface area (Å²) in [5.74, 6) is 0.0541. The van der Waals surface area contributed by atoms with Crippen LogP contribution in [0.15, 0.2) is 107 Å². The van der Waals surface area contributed by atoms with Crippen molar-refractivity contribution in [2.45, 2.75) is 19.8 Å². The normalized spacial score (nSPS) is 19.3. The number of nitrogens with zero attached hydrogens (tertiary/aromatic N) is 1. The summed E-state index contributed by atoms with van der Waals surface area (Å²) < 4.78 is 14.2. The molecule has 0 saturated heterocycles. The zero-order valence-corrected chi connectivity index (χ0v) is 17.9. The van der Waals surface area contributed by atoms with Crippen LogP contribution in [0, 0.1) is 11.7 Å². The summed E-state index contributed by atoms with van der Waals surface area (Å²) in [4.78, 5) is 4.45. The molecule has 1 aliphatic carbocycles. The van der Waals surface area contributed by atoms with E-state index in [1.54, 1.807) is 18.3 Å². The number of hydrogen-bond acceptors (Lipinski definition) is 2. The summed E-state index contributed by atoms with van der Waals surface area (Å²) in [6.45, 7) is 6.65. The van der Waals surface area contributed by atoms with Crippen LogP contribution in [0.4, 0.5) is 4.39 Å². The summed E-state index contributed by atoms with van der Waals surface area (Å²) >= 11 is 6.04. The highest BCUT2D eigenvalue weighted by Crippen LogP contribution is 2.28. The second-order valence-corrected chi connectivity index (χ2v) is 7.59. The lowest BCUT2D eigenvalue weighted by molar-refractivity contribution is 0.625. The monoisotopic (exact) mass is 420 g/mol. The van der Waals surface area contributed by atoms with Gasteiger partial charge in [-0.05, 0) is 78.5 Å². The molecule has 1 aliphatic heterocycles. The summed E-state index contributed by atoms with van der Waals surface area (Å²) in [5.41, 5.74) is 11.1. The molecule has 4 heteroatoms. The van der Waals surface area contributed by atoms with E-state index in [2.05, 4.69) is 48.0 Å². The van der Waals surface area contributed by atoms with E-state index in [1.165, 1.54) is 6.07 Å². The minimum atomic E-state index is -0.324. The lowest BCUT2D eigenvalue weighted by atomic mass is 9.97. The van der Waals surface area contributed by atoms with Crippen molar-refractivity contribution in [3.8, 4) is 0 Å². The standard InChI is InChI=1S/C26H26ClFN2/c1-3-19(16-20(4-2)22-6-5-18(15-22)11-13-29)21-7-10-26(30-14-12-21)24-17-23(27)8-9-25(24)28/h3-9,12,14-18H,2,10-11,13,29H2,1H3/b19-3+,20-16+. The first-order chi connectivity index (χ1) is 14.5. The van der Waals surface area contributed by atoms with Crippen molar-refractivity contribution in [1.29, 1.82) is 0 Å². The molecule has 1 aromatic rings. The number of rotatable bonds is 7. The molecule has 0 fully saturated rings. The fourth-order valence-electron chi connectivity index (χ4n) is 3.54. The van der Waals surface area contributed by atoms with Crippen LogP contribution < -0.4 is 5.73 Å². The van der Waals surface area contributed by atoms with Gasteiger partial charge in [0.15, 0.2) is 0 Å². The van der Waals surface area contributed by atoms with Crippen LogP contribution in [0.2, 0.25) is 5.02 Å². The van der Waals surface area contributed by atoms with E-state index in [4.69, 9.17) is 17.3 Å². The van der Waals surface area contributed by atoms with Gasteiger partial charge >= 0.3 is 0 Å². The smallest absolute Gasteiger partial charge is 0.132 e. The van der Waals surface area contributed by atoms with Crippen LogP contribution in [0.25, 0.3) is 0 Å². The van der Waals surface area contributed by atoms with Gasteiger partial charge in [0.05, 0.1) is 5.71 Å². The SMILES string of the molecule is C=C/C(=C\C(=C/C)C1=CCC(c2cc(Cl)ccc2F)=NC=C1)C1=CC(CCN)C=C1. The van der Waals surface area contributed by atoms with E-state index in [0.29, 0.717) is 35.2 Å². The molecule has 0 bridgehead atoms. The molecule has 0 aromatic heterocycles. The molecule has 3 rings (SSSR count). The maximum Gasteiger partial charge on any atom is 0.132 e. The average molecular weight is 421 g/mol. The van der Waals surface area contributed by atoms with Crippen molar-refractivity contribution in [2.75, 3.05) is 6.54 Å². The third-order valence-corrected chi connectivity index (χ3v) is 5.40. The summed E-state index contributed by atoms with van der Waals surface area (Å²) in [7, 11) is 0. The number of benzene rings is 1. The van der Waals surface area contributed by atoms with E-state index in [-0.39, 0.29) is 5.82 Å². The molecule has 1 unspecified atom stereocenters. The van der Waals surface area contributed by atoms with Gasteiger partial charge in [-0.15, -0.1) is 0 Å². The second kappa shape index (κ2) is 10.3. The fraction of sp³-hybridized carbons (Fsp3) is 0.192. The Kier molecular flexibility index (Phi) is 7.56. The van der Waals surface area contributed by atoms with Crippen molar-refractivity contribution in [3.05, 3.63) is 118 Å². The zero-order valence-electron chi connectivity index (χ0n) is 17.1. The first-order valence-electron chi connectivity index (χ1n) is 10.1. The summed E-state index contributed by atoms with van der Waals surface area (Å²) in [6.07, 6.45) is 19.7. The van der Waals surface area contributed by atoms with Crippen LogP contribution in [-0.2, 0) is 0 Å².